The highest BCUT2D eigenvalue weighted by atomic mass is 127. The van der Waals surface area contributed by atoms with E-state index in [0.29, 0.717) is 12.2 Å². The molecule has 0 unspecified atom stereocenters. The van der Waals surface area contributed by atoms with Crippen LogP contribution in [-0.2, 0) is 4.74 Å². The van der Waals surface area contributed by atoms with Crippen LogP contribution in [0.25, 0.3) is 0 Å². The Hall–Kier alpha value is -0.840. The standard InChI is InChI=1S/C11H11IO2/c1-9(12)7-8-14-11(13)10-5-3-2-4-6-10/h2-7H,8H2,1H3/b9-7-. The molecule has 2 nitrogen and oxygen atoms in total. The number of allylic oxidation sites excluding steroid dienone is 1. The highest BCUT2D eigenvalue weighted by Crippen LogP contribution is 2.04. The number of hydrogen-bond donors (Lipinski definition) is 0. The van der Waals surface area contributed by atoms with Gasteiger partial charge in [0.15, 0.2) is 0 Å². The van der Waals surface area contributed by atoms with Crippen LogP contribution >= 0.6 is 22.6 Å². The van der Waals surface area contributed by atoms with Gasteiger partial charge in [0, 0.05) is 0 Å². The van der Waals surface area contributed by atoms with Gasteiger partial charge in [0.1, 0.15) is 6.61 Å². The van der Waals surface area contributed by atoms with Crippen LogP contribution in [0.1, 0.15) is 17.3 Å². The molecular weight excluding hydrogens is 291 g/mol. The molecule has 0 saturated heterocycles. The number of ether oxygens (including phenoxy) is 1. The van der Waals surface area contributed by atoms with E-state index in [0.717, 1.165) is 3.58 Å². The summed E-state index contributed by atoms with van der Waals surface area (Å²) >= 11 is 2.17. The van der Waals surface area contributed by atoms with Crippen molar-refractivity contribution in [3.8, 4) is 0 Å². The first-order valence-corrected chi connectivity index (χ1v) is 5.32. The molecule has 0 radical (unpaired) electrons. The lowest BCUT2D eigenvalue weighted by molar-refractivity contribution is 0.0549. The number of carbonyl (C=O) groups is 1. The zero-order chi connectivity index (χ0) is 10.4. The van der Waals surface area contributed by atoms with Crippen LogP contribution in [0.3, 0.4) is 0 Å². The van der Waals surface area contributed by atoms with Crippen molar-refractivity contribution in [3.05, 3.63) is 45.6 Å². The molecule has 1 aromatic rings. The number of hydrogen-bond acceptors (Lipinski definition) is 2. The van der Waals surface area contributed by atoms with Gasteiger partial charge < -0.3 is 4.74 Å². The first-order valence-electron chi connectivity index (χ1n) is 4.24. The Balaban J connectivity index is 2.48. The summed E-state index contributed by atoms with van der Waals surface area (Å²) in [7, 11) is 0. The summed E-state index contributed by atoms with van der Waals surface area (Å²) in [5.41, 5.74) is 0.590. The molecule has 0 aliphatic carbocycles. The predicted octanol–water partition coefficient (Wildman–Crippen LogP) is 3.18. The lowest BCUT2D eigenvalue weighted by atomic mass is 10.2. The van der Waals surface area contributed by atoms with Crippen LogP contribution in [0.5, 0.6) is 0 Å². The van der Waals surface area contributed by atoms with Crippen LogP contribution in [0.2, 0.25) is 0 Å². The quantitative estimate of drug-likeness (QED) is 0.633. The topological polar surface area (TPSA) is 26.3 Å². The number of carbonyl (C=O) groups excluding carboxylic acids is 1. The Kier molecular flexibility index (Phi) is 4.65. The van der Waals surface area contributed by atoms with Gasteiger partial charge in [-0.15, -0.1) is 0 Å². The zero-order valence-electron chi connectivity index (χ0n) is 7.87. The Morgan fingerprint density at radius 1 is 1.43 bits per heavy atom. The van der Waals surface area contributed by atoms with Crippen molar-refractivity contribution in [1.82, 2.24) is 0 Å². The molecule has 1 rings (SSSR count). The van der Waals surface area contributed by atoms with Crippen LogP contribution in [0.4, 0.5) is 0 Å². The van der Waals surface area contributed by atoms with Crippen molar-refractivity contribution in [3.63, 3.8) is 0 Å². The van der Waals surface area contributed by atoms with Crippen molar-refractivity contribution in [2.75, 3.05) is 6.61 Å². The third-order valence-electron chi connectivity index (χ3n) is 1.59. The number of esters is 1. The second kappa shape index (κ2) is 5.80. The molecule has 0 bridgehead atoms. The summed E-state index contributed by atoms with van der Waals surface area (Å²) in [6, 6.07) is 8.98. The van der Waals surface area contributed by atoms with Crippen molar-refractivity contribution in [2.24, 2.45) is 0 Å². The van der Waals surface area contributed by atoms with E-state index in [1.807, 2.05) is 31.2 Å². The Bertz CT molecular complexity index is 326. The van der Waals surface area contributed by atoms with Crippen molar-refractivity contribution in [1.29, 1.82) is 0 Å². The molecule has 0 aromatic heterocycles. The molecule has 74 valence electrons. The second-order valence-electron chi connectivity index (χ2n) is 2.76. The molecule has 0 N–H and O–H groups in total. The van der Waals surface area contributed by atoms with Crippen molar-refractivity contribution >= 4 is 28.6 Å². The fraction of sp³-hybridized carbons (Fsp3) is 0.182. The van der Waals surface area contributed by atoms with Gasteiger partial charge in [-0.1, -0.05) is 18.2 Å². The molecule has 0 spiro atoms. The van der Waals surface area contributed by atoms with Crippen LogP contribution in [-0.4, -0.2) is 12.6 Å². The van der Waals surface area contributed by atoms with Gasteiger partial charge in [-0.05, 0) is 51.3 Å². The molecule has 0 amide bonds. The highest BCUT2D eigenvalue weighted by Gasteiger charge is 2.03. The molecular formula is C11H11IO2. The first-order chi connectivity index (χ1) is 6.70. The minimum Gasteiger partial charge on any atom is -0.458 e. The van der Waals surface area contributed by atoms with Gasteiger partial charge in [0.2, 0.25) is 0 Å². The maximum Gasteiger partial charge on any atom is 0.338 e. The van der Waals surface area contributed by atoms with E-state index >= 15 is 0 Å². The molecule has 0 heterocycles. The van der Waals surface area contributed by atoms with Crippen LogP contribution < -0.4 is 0 Å². The zero-order valence-corrected chi connectivity index (χ0v) is 10.0. The Labute approximate surface area is 97.1 Å². The fourth-order valence-electron chi connectivity index (χ4n) is 0.890. The van der Waals surface area contributed by atoms with Gasteiger partial charge in [0.05, 0.1) is 5.56 Å². The van der Waals surface area contributed by atoms with E-state index in [2.05, 4.69) is 22.6 Å². The molecule has 3 heteroatoms. The first kappa shape index (κ1) is 11.2. The van der Waals surface area contributed by atoms with Crippen molar-refractivity contribution in [2.45, 2.75) is 6.92 Å². The summed E-state index contributed by atoms with van der Waals surface area (Å²) < 4.78 is 6.13. The lowest BCUT2D eigenvalue weighted by Crippen LogP contribution is -2.04. The number of rotatable bonds is 3. The largest absolute Gasteiger partial charge is 0.458 e. The second-order valence-corrected chi connectivity index (χ2v) is 4.46. The average Bonchev–Trinajstić information content (AvgIpc) is 2.18. The van der Waals surface area contributed by atoms with Gasteiger partial charge >= 0.3 is 5.97 Å². The summed E-state index contributed by atoms with van der Waals surface area (Å²) in [4.78, 5) is 11.4. The summed E-state index contributed by atoms with van der Waals surface area (Å²) in [6.07, 6.45) is 1.86. The van der Waals surface area contributed by atoms with Crippen LogP contribution in [0, 0.1) is 0 Å². The predicted molar refractivity (Wildman–Crippen MR) is 64.5 cm³/mol. The van der Waals surface area contributed by atoms with E-state index in [9.17, 15) is 4.79 Å². The molecule has 0 atom stereocenters. The lowest BCUT2D eigenvalue weighted by Gasteiger charge is -2.01. The molecule has 0 aliphatic rings. The molecule has 14 heavy (non-hydrogen) atoms. The smallest absolute Gasteiger partial charge is 0.338 e. The molecule has 0 saturated carbocycles. The normalized spacial score (nSPS) is 11.1. The third kappa shape index (κ3) is 3.91. The van der Waals surface area contributed by atoms with Crippen LogP contribution in [0.15, 0.2) is 40.0 Å². The minimum atomic E-state index is -0.278. The monoisotopic (exact) mass is 302 g/mol. The third-order valence-corrected chi connectivity index (χ3v) is 2.03. The number of halogens is 1. The van der Waals surface area contributed by atoms with Crippen molar-refractivity contribution < 1.29 is 9.53 Å². The van der Waals surface area contributed by atoms with Gasteiger partial charge in [-0.2, -0.15) is 0 Å². The number of benzene rings is 1. The highest BCUT2D eigenvalue weighted by molar-refractivity contribution is 14.1. The van der Waals surface area contributed by atoms with E-state index in [1.54, 1.807) is 12.1 Å². The van der Waals surface area contributed by atoms with E-state index < -0.39 is 0 Å². The maximum atomic E-state index is 11.4. The summed E-state index contributed by atoms with van der Waals surface area (Å²) in [6.45, 7) is 2.29. The van der Waals surface area contributed by atoms with Gasteiger partial charge in [-0.3, -0.25) is 0 Å². The Morgan fingerprint density at radius 2 is 2.07 bits per heavy atom. The summed E-state index contributed by atoms with van der Waals surface area (Å²) in [5, 5.41) is 0. The summed E-state index contributed by atoms with van der Waals surface area (Å²) in [5.74, 6) is -0.278. The fourth-order valence-corrected chi connectivity index (χ4v) is 1.07. The minimum absolute atomic E-state index is 0.278. The van der Waals surface area contributed by atoms with E-state index in [1.165, 1.54) is 0 Å². The molecule has 1 aromatic carbocycles. The van der Waals surface area contributed by atoms with E-state index in [4.69, 9.17) is 4.74 Å². The van der Waals surface area contributed by atoms with E-state index in [-0.39, 0.29) is 5.97 Å². The average molecular weight is 302 g/mol. The Morgan fingerprint density at radius 3 is 2.64 bits per heavy atom. The van der Waals surface area contributed by atoms with Gasteiger partial charge in [0.25, 0.3) is 0 Å². The molecule has 0 aliphatic heterocycles. The maximum absolute atomic E-state index is 11.4. The SMILES string of the molecule is C/C(I)=C/COC(=O)c1ccccc1. The molecule has 0 fully saturated rings. The van der Waals surface area contributed by atoms with Gasteiger partial charge in [-0.25, -0.2) is 4.79 Å².